The number of carbonyl (C=O) groups excluding carboxylic acids is 1. The number of anilines is 1. The topological polar surface area (TPSA) is 87.4 Å². The van der Waals surface area contributed by atoms with Crippen molar-refractivity contribution in [2.24, 2.45) is 5.73 Å². The van der Waals surface area contributed by atoms with Crippen LogP contribution in [0.2, 0.25) is 0 Å². The minimum atomic E-state index is -2.76. The van der Waals surface area contributed by atoms with Crippen LogP contribution in [0.3, 0.4) is 0 Å². The van der Waals surface area contributed by atoms with Crippen LogP contribution in [0.25, 0.3) is 0 Å². The molecule has 106 valence electrons. The SMILES string of the molecule is CC(NCC(O)C(F)F)c1ccc(NC(N)=O)cc1. The highest BCUT2D eigenvalue weighted by Crippen LogP contribution is 2.16. The van der Waals surface area contributed by atoms with Gasteiger partial charge in [0.2, 0.25) is 0 Å². The second-order valence-corrected chi connectivity index (χ2v) is 4.14. The average molecular weight is 273 g/mol. The lowest BCUT2D eigenvalue weighted by molar-refractivity contribution is -0.00439. The summed E-state index contributed by atoms with van der Waals surface area (Å²) in [6.07, 6.45) is -4.44. The summed E-state index contributed by atoms with van der Waals surface area (Å²) in [6.45, 7) is 1.59. The normalized spacial score (nSPS) is 14.2. The van der Waals surface area contributed by atoms with Gasteiger partial charge in [0.1, 0.15) is 6.10 Å². The fraction of sp³-hybridized carbons (Fsp3) is 0.417. The Kier molecular flexibility index (Phi) is 5.65. The molecule has 0 saturated heterocycles. The van der Waals surface area contributed by atoms with Gasteiger partial charge in [0.05, 0.1) is 0 Å². The molecular weight excluding hydrogens is 256 g/mol. The molecule has 1 aromatic carbocycles. The van der Waals surface area contributed by atoms with Gasteiger partial charge in [-0.25, -0.2) is 13.6 Å². The van der Waals surface area contributed by atoms with E-state index in [0.29, 0.717) is 5.69 Å². The van der Waals surface area contributed by atoms with Crippen LogP contribution in [-0.2, 0) is 0 Å². The summed E-state index contributed by atoms with van der Waals surface area (Å²) >= 11 is 0. The summed E-state index contributed by atoms with van der Waals surface area (Å²) < 4.78 is 24.2. The molecule has 5 nitrogen and oxygen atoms in total. The molecule has 0 heterocycles. The summed E-state index contributed by atoms with van der Waals surface area (Å²) in [7, 11) is 0. The van der Waals surface area contributed by atoms with Crippen molar-refractivity contribution in [2.75, 3.05) is 11.9 Å². The third-order valence-corrected chi connectivity index (χ3v) is 2.60. The number of alkyl halides is 2. The summed E-state index contributed by atoms with van der Waals surface area (Å²) in [6, 6.07) is 5.92. The van der Waals surface area contributed by atoms with Crippen LogP contribution in [0.15, 0.2) is 24.3 Å². The van der Waals surface area contributed by atoms with Gasteiger partial charge in [-0.3, -0.25) is 0 Å². The molecule has 0 aromatic heterocycles. The molecule has 2 unspecified atom stereocenters. The highest BCUT2D eigenvalue weighted by molar-refractivity contribution is 5.87. The Morgan fingerprint density at radius 2 is 1.95 bits per heavy atom. The summed E-state index contributed by atoms with van der Waals surface area (Å²) in [5.74, 6) is 0. The molecule has 0 fully saturated rings. The van der Waals surface area contributed by atoms with Crippen molar-refractivity contribution in [3.8, 4) is 0 Å². The van der Waals surface area contributed by atoms with E-state index in [1.54, 1.807) is 31.2 Å². The number of rotatable bonds is 6. The molecule has 2 amide bonds. The quantitative estimate of drug-likeness (QED) is 0.632. The van der Waals surface area contributed by atoms with Gasteiger partial charge >= 0.3 is 6.03 Å². The number of aliphatic hydroxyl groups is 1. The minimum Gasteiger partial charge on any atom is -0.386 e. The van der Waals surface area contributed by atoms with Crippen molar-refractivity contribution in [2.45, 2.75) is 25.5 Å². The van der Waals surface area contributed by atoms with E-state index in [-0.39, 0.29) is 12.6 Å². The Bertz CT molecular complexity index is 412. The van der Waals surface area contributed by atoms with E-state index in [4.69, 9.17) is 10.8 Å². The molecular formula is C12H17F2N3O2. The van der Waals surface area contributed by atoms with E-state index < -0.39 is 18.6 Å². The first-order valence-corrected chi connectivity index (χ1v) is 5.76. The Morgan fingerprint density at radius 3 is 2.42 bits per heavy atom. The fourth-order valence-corrected chi connectivity index (χ4v) is 1.50. The smallest absolute Gasteiger partial charge is 0.316 e. The lowest BCUT2D eigenvalue weighted by atomic mass is 10.1. The van der Waals surface area contributed by atoms with Crippen molar-refractivity contribution < 1.29 is 18.7 Å². The summed E-state index contributed by atoms with van der Waals surface area (Å²) in [5, 5.41) is 14.2. The number of urea groups is 1. The van der Waals surface area contributed by atoms with E-state index in [1.807, 2.05) is 0 Å². The zero-order valence-corrected chi connectivity index (χ0v) is 10.4. The lowest BCUT2D eigenvalue weighted by Gasteiger charge is -2.17. The first-order chi connectivity index (χ1) is 8.90. The van der Waals surface area contributed by atoms with E-state index in [9.17, 15) is 13.6 Å². The molecule has 19 heavy (non-hydrogen) atoms. The fourth-order valence-electron chi connectivity index (χ4n) is 1.50. The van der Waals surface area contributed by atoms with Gasteiger partial charge in [0, 0.05) is 18.3 Å². The van der Waals surface area contributed by atoms with Gasteiger partial charge in [-0.1, -0.05) is 12.1 Å². The van der Waals surface area contributed by atoms with Crippen molar-refractivity contribution in [3.63, 3.8) is 0 Å². The molecule has 0 saturated carbocycles. The third kappa shape index (κ3) is 5.19. The number of nitrogens with one attached hydrogen (secondary N) is 2. The highest BCUT2D eigenvalue weighted by Gasteiger charge is 2.17. The van der Waals surface area contributed by atoms with E-state index >= 15 is 0 Å². The van der Waals surface area contributed by atoms with Crippen LogP contribution in [0.4, 0.5) is 19.3 Å². The largest absolute Gasteiger partial charge is 0.386 e. The highest BCUT2D eigenvalue weighted by atomic mass is 19.3. The number of carbonyl (C=O) groups is 1. The van der Waals surface area contributed by atoms with Crippen LogP contribution in [0.5, 0.6) is 0 Å². The maximum atomic E-state index is 12.1. The summed E-state index contributed by atoms with van der Waals surface area (Å²) in [4.78, 5) is 10.6. The van der Waals surface area contributed by atoms with Gasteiger partial charge in [-0.05, 0) is 24.6 Å². The molecule has 0 aliphatic rings. The number of hydrogen-bond donors (Lipinski definition) is 4. The average Bonchev–Trinajstić information content (AvgIpc) is 2.35. The molecule has 2 atom stereocenters. The first kappa shape index (κ1) is 15.3. The lowest BCUT2D eigenvalue weighted by Crippen LogP contribution is -2.33. The predicted octanol–water partition coefficient (Wildman–Crippen LogP) is 1.45. The predicted molar refractivity (Wildman–Crippen MR) is 68.1 cm³/mol. The standard InChI is InChI=1S/C12H17F2N3O2/c1-7(16-6-10(18)11(13)14)8-2-4-9(5-3-8)17-12(15)19/h2-5,7,10-11,16,18H,6H2,1H3,(H3,15,17,19). The van der Waals surface area contributed by atoms with E-state index in [1.165, 1.54) is 0 Å². The van der Waals surface area contributed by atoms with Gasteiger partial charge in [0.25, 0.3) is 6.43 Å². The van der Waals surface area contributed by atoms with Crippen molar-refractivity contribution in [1.29, 1.82) is 0 Å². The van der Waals surface area contributed by atoms with Gasteiger partial charge < -0.3 is 21.5 Å². The summed E-state index contributed by atoms with van der Waals surface area (Å²) in [5.41, 5.74) is 6.37. The Balaban J connectivity index is 2.53. The molecule has 0 aliphatic carbocycles. The van der Waals surface area contributed by atoms with E-state index in [0.717, 1.165) is 5.56 Å². The molecule has 5 N–H and O–H groups in total. The maximum absolute atomic E-state index is 12.1. The Hall–Kier alpha value is -1.73. The van der Waals surface area contributed by atoms with Crippen molar-refractivity contribution in [1.82, 2.24) is 5.32 Å². The number of nitrogens with two attached hydrogens (primary N) is 1. The van der Waals surface area contributed by atoms with E-state index in [2.05, 4.69) is 10.6 Å². The third-order valence-electron chi connectivity index (χ3n) is 2.60. The molecule has 0 spiro atoms. The zero-order valence-electron chi connectivity index (χ0n) is 10.4. The van der Waals surface area contributed by atoms with Crippen LogP contribution in [-0.4, -0.2) is 30.2 Å². The zero-order chi connectivity index (χ0) is 14.4. The monoisotopic (exact) mass is 273 g/mol. The second-order valence-electron chi connectivity index (χ2n) is 4.14. The number of hydrogen-bond acceptors (Lipinski definition) is 3. The number of amides is 2. The minimum absolute atomic E-state index is 0.194. The molecule has 0 bridgehead atoms. The maximum Gasteiger partial charge on any atom is 0.316 e. The van der Waals surface area contributed by atoms with Gasteiger partial charge in [-0.2, -0.15) is 0 Å². The first-order valence-electron chi connectivity index (χ1n) is 5.76. The van der Waals surface area contributed by atoms with Crippen LogP contribution in [0.1, 0.15) is 18.5 Å². The Labute approximate surface area is 109 Å². The molecule has 0 aliphatic heterocycles. The van der Waals surface area contributed by atoms with Gasteiger partial charge in [-0.15, -0.1) is 0 Å². The van der Waals surface area contributed by atoms with Crippen LogP contribution < -0.4 is 16.4 Å². The molecule has 1 aromatic rings. The number of halogens is 2. The molecule has 1 rings (SSSR count). The molecule has 0 radical (unpaired) electrons. The van der Waals surface area contributed by atoms with Crippen molar-refractivity contribution >= 4 is 11.7 Å². The van der Waals surface area contributed by atoms with Crippen LogP contribution in [0, 0.1) is 0 Å². The van der Waals surface area contributed by atoms with Crippen molar-refractivity contribution in [3.05, 3.63) is 29.8 Å². The molecule has 7 heteroatoms. The number of aliphatic hydroxyl groups excluding tert-OH is 1. The Morgan fingerprint density at radius 1 is 1.37 bits per heavy atom. The van der Waals surface area contributed by atoms with Crippen LogP contribution >= 0.6 is 0 Å². The number of primary amides is 1. The number of benzene rings is 1. The van der Waals surface area contributed by atoms with Gasteiger partial charge in [0.15, 0.2) is 0 Å². The second kappa shape index (κ2) is 7.01.